The molecule has 0 amide bonds. The van der Waals surface area contributed by atoms with Gasteiger partial charge in [-0.3, -0.25) is 14.5 Å². The van der Waals surface area contributed by atoms with E-state index in [4.69, 9.17) is 19.9 Å². The zero-order valence-corrected chi connectivity index (χ0v) is 22.9. The highest BCUT2D eigenvalue weighted by molar-refractivity contribution is 7.10. The fraction of sp³-hybridized carbons (Fsp3) is 0.233. The normalized spacial score (nSPS) is 20.8. The third-order valence-corrected chi connectivity index (χ3v) is 8.27. The molecule has 5 rings (SSSR count). The molecule has 2 N–H and O–H groups in total. The number of carbonyl (C=O) groups excluding carboxylic acids is 3. The summed E-state index contributed by atoms with van der Waals surface area (Å²) < 4.78 is 30.0. The van der Waals surface area contributed by atoms with Crippen molar-refractivity contribution < 1.29 is 33.0 Å². The van der Waals surface area contributed by atoms with Crippen molar-refractivity contribution in [3.8, 4) is 5.75 Å². The number of nitrogens with two attached hydrogens (primary N) is 1. The molecule has 206 valence electrons. The number of esters is 2. The van der Waals surface area contributed by atoms with Crippen LogP contribution in [0.4, 0.5) is 10.1 Å². The Labute approximate surface area is 234 Å². The van der Waals surface area contributed by atoms with E-state index in [0.717, 1.165) is 0 Å². The number of thiophene rings is 1. The number of Topliss-reactive ketones (excluding diaryl/α,β-unsaturated/α-hetero) is 1. The molecule has 2 heterocycles. The Morgan fingerprint density at radius 2 is 1.77 bits per heavy atom. The zero-order chi connectivity index (χ0) is 28.6. The van der Waals surface area contributed by atoms with Crippen LogP contribution in [0.25, 0.3) is 0 Å². The number of nitrogens with zero attached hydrogens (tertiary/aromatic N) is 1. The molecule has 0 bridgehead atoms. The van der Waals surface area contributed by atoms with Gasteiger partial charge in [-0.15, -0.1) is 11.3 Å². The predicted octanol–water partition coefficient (Wildman–Crippen LogP) is 4.64. The summed E-state index contributed by atoms with van der Waals surface area (Å²) in [5.74, 6) is -4.51. The van der Waals surface area contributed by atoms with Gasteiger partial charge in [0.1, 0.15) is 23.3 Å². The molecule has 3 unspecified atom stereocenters. The minimum absolute atomic E-state index is 0.0207. The van der Waals surface area contributed by atoms with E-state index in [-0.39, 0.29) is 23.4 Å². The quantitative estimate of drug-likeness (QED) is 0.342. The van der Waals surface area contributed by atoms with E-state index in [1.807, 2.05) is 5.38 Å². The van der Waals surface area contributed by atoms with Gasteiger partial charge in [-0.1, -0.05) is 24.3 Å². The van der Waals surface area contributed by atoms with Gasteiger partial charge in [-0.25, -0.2) is 9.18 Å². The SMILES string of the molecule is COC(=O)C1=C(N)N(c2cccc(F)c2)C2=C(C(=O)C(C(=O)OC)C(c3ccc(OC)cc3)C2)C1c1cccs1. The molecule has 0 saturated carbocycles. The lowest BCUT2D eigenvalue weighted by atomic mass is 9.68. The molecule has 8 nitrogen and oxygen atoms in total. The van der Waals surface area contributed by atoms with Crippen LogP contribution < -0.4 is 15.4 Å². The number of hydrogen-bond donors (Lipinski definition) is 1. The summed E-state index contributed by atoms with van der Waals surface area (Å²) in [5, 5.41) is 1.82. The standard InChI is InChI=1S/C30H27FN2O6S/c1-37-19-11-9-16(10-12-19)20-15-21-24(27(34)23(20)29(35)38-2)25(22-8-5-13-40-22)26(30(36)39-3)28(32)33(21)18-7-4-6-17(31)14-18/h4-14,20,23,25H,15,32H2,1-3H3. The van der Waals surface area contributed by atoms with Crippen LogP contribution in [0.5, 0.6) is 5.75 Å². The van der Waals surface area contributed by atoms with Crippen LogP contribution in [0.15, 0.2) is 88.7 Å². The molecule has 10 heteroatoms. The van der Waals surface area contributed by atoms with Gasteiger partial charge in [-0.05, 0) is 53.8 Å². The van der Waals surface area contributed by atoms with Crippen LogP contribution in [-0.4, -0.2) is 39.1 Å². The van der Waals surface area contributed by atoms with E-state index in [1.54, 1.807) is 49.6 Å². The maximum atomic E-state index is 14.5. The van der Waals surface area contributed by atoms with Gasteiger partial charge in [0.2, 0.25) is 0 Å². The Morgan fingerprint density at radius 3 is 2.38 bits per heavy atom. The molecule has 0 fully saturated rings. The number of rotatable bonds is 6. The molecular formula is C30H27FN2O6S. The second-order valence-corrected chi connectivity index (χ2v) is 10.3. The van der Waals surface area contributed by atoms with E-state index >= 15 is 0 Å². The van der Waals surface area contributed by atoms with Crippen LogP contribution in [0.2, 0.25) is 0 Å². The monoisotopic (exact) mass is 562 g/mol. The van der Waals surface area contributed by atoms with E-state index in [2.05, 4.69) is 0 Å². The predicted molar refractivity (Wildman–Crippen MR) is 147 cm³/mol. The molecule has 0 saturated heterocycles. The first-order valence-electron chi connectivity index (χ1n) is 12.5. The number of anilines is 1. The minimum atomic E-state index is -1.19. The molecule has 2 aromatic carbocycles. The second-order valence-electron chi connectivity index (χ2n) is 9.36. The van der Waals surface area contributed by atoms with Crippen LogP contribution in [0, 0.1) is 11.7 Å². The van der Waals surface area contributed by atoms with E-state index in [0.29, 0.717) is 27.6 Å². The average Bonchev–Trinajstić information content (AvgIpc) is 3.50. The topological polar surface area (TPSA) is 108 Å². The Kier molecular flexibility index (Phi) is 7.44. The van der Waals surface area contributed by atoms with E-state index < -0.39 is 41.3 Å². The molecule has 3 atom stereocenters. The lowest BCUT2D eigenvalue weighted by Gasteiger charge is -2.43. The van der Waals surface area contributed by atoms with Gasteiger partial charge in [0, 0.05) is 22.1 Å². The maximum Gasteiger partial charge on any atom is 0.338 e. The van der Waals surface area contributed by atoms with Gasteiger partial charge in [-0.2, -0.15) is 0 Å². The number of carbonyl (C=O) groups is 3. The van der Waals surface area contributed by atoms with Crippen molar-refractivity contribution >= 4 is 34.7 Å². The van der Waals surface area contributed by atoms with Crippen LogP contribution in [0.1, 0.15) is 28.7 Å². The summed E-state index contributed by atoms with van der Waals surface area (Å²) in [6, 6.07) is 16.4. The summed E-state index contributed by atoms with van der Waals surface area (Å²) in [5.41, 5.74) is 8.48. The van der Waals surface area contributed by atoms with Gasteiger partial charge in [0.25, 0.3) is 0 Å². The first kappa shape index (κ1) is 27.1. The smallest absolute Gasteiger partial charge is 0.338 e. The highest BCUT2D eigenvalue weighted by Gasteiger charge is 2.51. The van der Waals surface area contributed by atoms with Crippen molar-refractivity contribution in [1.29, 1.82) is 0 Å². The molecule has 2 aliphatic rings. The molecular weight excluding hydrogens is 535 g/mol. The molecule has 0 spiro atoms. The van der Waals surface area contributed by atoms with Crippen molar-refractivity contribution in [3.05, 3.63) is 105 Å². The number of methoxy groups -OCH3 is 3. The molecule has 3 aromatic rings. The van der Waals surface area contributed by atoms with Crippen LogP contribution in [0.3, 0.4) is 0 Å². The van der Waals surface area contributed by atoms with Gasteiger partial charge >= 0.3 is 11.9 Å². The minimum Gasteiger partial charge on any atom is -0.497 e. The summed E-state index contributed by atoms with van der Waals surface area (Å²) >= 11 is 1.34. The Hall–Kier alpha value is -4.44. The first-order chi connectivity index (χ1) is 19.3. The molecule has 1 aliphatic heterocycles. The second kappa shape index (κ2) is 11.0. The Balaban J connectivity index is 1.79. The summed E-state index contributed by atoms with van der Waals surface area (Å²) in [7, 11) is 4.01. The number of halogens is 1. The number of allylic oxidation sites excluding steroid dienone is 2. The fourth-order valence-corrected chi connectivity index (χ4v) is 6.39. The van der Waals surface area contributed by atoms with Crippen LogP contribution >= 0.6 is 11.3 Å². The zero-order valence-electron chi connectivity index (χ0n) is 22.1. The van der Waals surface area contributed by atoms with Gasteiger partial charge < -0.3 is 19.9 Å². The number of hydrogen-bond acceptors (Lipinski definition) is 9. The summed E-state index contributed by atoms with van der Waals surface area (Å²) in [6.07, 6.45) is 0.181. The molecule has 40 heavy (non-hydrogen) atoms. The number of ether oxygens (including phenoxy) is 3. The summed E-state index contributed by atoms with van der Waals surface area (Å²) in [4.78, 5) is 43.1. The highest BCUT2D eigenvalue weighted by Crippen LogP contribution is 2.52. The van der Waals surface area contributed by atoms with Crippen molar-refractivity contribution in [2.45, 2.75) is 18.3 Å². The Bertz CT molecular complexity index is 1530. The Morgan fingerprint density at radius 1 is 1.02 bits per heavy atom. The van der Waals surface area contributed by atoms with Crippen molar-refractivity contribution in [1.82, 2.24) is 0 Å². The highest BCUT2D eigenvalue weighted by atomic mass is 32.1. The largest absolute Gasteiger partial charge is 0.497 e. The van der Waals surface area contributed by atoms with E-state index in [9.17, 15) is 18.8 Å². The lowest BCUT2D eigenvalue weighted by molar-refractivity contribution is -0.150. The van der Waals surface area contributed by atoms with Gasteiger partial charge in [0.05, 0.1) is 38.5 Å². The number of benzene rings is 2. The summed E-state index contributed by atoms with van der Waals surface area (Å²) in [6.45, 7) is 0. The number of ketones is 1. The first-order valence-corrected chi connectivity index (χ1v) is 13.3. The lowest BCUT2D eigenvalue weighted by Crippen LogP contribution is -2.46. The maximum absolute atomic E-state index is 14.5. The molecule has 0 radical (unpaired) electrons. The van der Waals surface area contributed by atoms with Crippen LogP contribution in [-0.2, 0) is 23.9 Å². The van der Waals surface area contributed by atoms with E-state index in [1.165, 1.54) is 48.7 Å². The van der Waals surface area contributed by atoms with Crippen molar-refractivity contribution in [3.63, 3.8) is 0 Å². The van der Waals surface area contributed by atoms with Crippen molar-refractivity contribution in [2.24, 2.45) is 11.7 Å². The van der Waals surface area contributed by atoms with Crippen molar-refractivity contribution in [2.75, 3.05) is 26.2 Å². The average molecular weight is 563 g/mol. The molecule has 1 aromatic heterocycles. The van der Waals surface area contributed by atoms with Gasteiger partial charge in [0.15, 0.2) is 5.78 Å². The third-order valence-electron chi connectivity index (χ3n) is 7.34. The molecule has 1 aliphatic carbocycles. The third kappa shape index (κ3) is 4.54. The fourth-order valence-electron chi connectivity index (χ4n) is 5.55.